The number of carbonyl (C=O) groups is 1. The normalized spacial score (nSPS) is 19.5. The molecule has 0 radical (unpaired) electrons. The molecule has 2 N–H and O–H groups in total. The summed E-state index contributed by atoms with van der Waals surface area (Å²) in [5, 5.41) is 13.9. The molecule has 5 heterocycles. The predicted octanol–water partition coefficient (Wildman–Crippen LogP) is 3.04. The van der Waals surface area contributed by atoms with E-state index in [-0.39, 0.29) is 16.0 Å². The first kappa shape index (κ1) is 26.1. The van der Waals surface area contributed by atoms with Gasteiger partial charge >= 0.3 is 0 Å². The Labute approximate surface area is 228 Å². The average Bonchev–Trinajstić information content (AvgIpc) is 3.69. The van der Waals surface area contributed by atoms with Crippen molar-refractivity contribution in [3.05, 3.63) is 83.8 Å². The Morgan fingerprint density at radius 2 is 1.90 bits per heavy atom. The molecule has 3 aromatic heterocycles. The van der Waals surface area contributed by atoms with Gasteiger partial charge in [0.2, 0.25) is 0 Å². The summed E-state index contributed by atoms with van der Waals surface area (Å²) < 4.78 is 57.9. The molecule has 10 nitrogen and oxygen atoms in total. The highest BCUT2D eigenvalue weighted by molar-refractivity contribution is 7.90. The van der Waals surface area contributed by atoms with Crippen molar-refractivity contribution in [2.24, 2.45) is 0 Å². The fourth-order valence-electron chi connectivity index (χ4n) is 5.40. The van der Waals surface area contributed by atoms with Crippen LogP contribution >= 0.6 is 0 Å². The van der Waals surface area contributed by atoms with E-state index in [1.807, 2.05) is 9.80 Å². The number of aromatic nitrogens is 3. The molecule has 2 aliphatic rings. The number of hydrogen-bond donors (Lipinski definition) is 2. The largest absolute Gasteiger partial charge is 0.391 e. The van der Waals surface area contributed by atoms with E-state index in [0.29, 0.717) is 49.5 Å². The van der Waals surface area contributed by atoms with E-state index in [2.05, 4.69) is 14.8 Å². The first-order valence-electron chi connectivity index (χ1n) is 12.8. The maximum atomic E-state index is 14.6. The summed E-state index contributed by atoms with van der Waals surface area (Å²) in [4.78, 5) is 20.9. The third-order valence-corrected chi connectivity index (χ3v) is 8.71. The summed E-state index contributed by atoms with van der Waals surface area (Å²) in [6.45, 7) is 1.63. The fourth-order valence-corrected chi connectivity index (χ4v) is 6.31. The Morgan fingerprint density at radius 1 is 1.05 bits per heavy atom. The van der Waals surface area contributed by atoms with Crippen molar-refractivity contribution in [2.75, 3.05) is 29.4 Å². The van der Waals surface area contributed by atoms with Crippen LogP contribution in [0.2, 0.25) is 0 Å². The van der Waals surface area contributed by atoms with E-state index in [1.165, 1.54) is 35.1 Å². The monoisotopic (exact) mass is 568 g/mol. The molecule has 2 fully saturated rings. The molecule has 40 heavy (non-hydrogen) atoms. The number of benzene rings is 1. The van der Waals surface area contributed by atoms with Crippen molar-refractivity contribution in [3.63, 3.8) is 0 Å². The molecule has 2 aliphatic heterocycles. The van der Waals surface area contributed by atoms with Crippen molar-refractivity contribution in [3.8, 4) is 0 Å². The van der Waals surface area contributed by atoms with Crippen LogP contribution in [-0.4, -0.2) is 59.8 Å². The molecule has 4 aromatic rings. The van der Waals surface area contributed by atoms with Gasteiger partial charge in [0.25, 0.3) is 15.9 Å². The molecule has 13 heteroatoms. The lowest BCUT2D eigenvalue weighted by atomic mass is 10.0. The second-order valence-corrected chi connectivity index (χ2v) is 11.6. The number of amides is 1. The van der Waals surface area contributed by atoms with E-state index >= 15 is 0 Å². The number of sulfonamides is 1. The minimum absolute atomic E-state index is 0.0359. The Hall–Kier alpha value is -4.10. The molecule has 0 aliphatic carbocycles. The van der Waals surface area contributed by atoms with Gasteiger partial charge in [0.1, 0.15) is 22.3 Å². The third-order valence-electron chi connectivity index (χ3n) is 7.40. The van der Waals surface area contributed by atoms with Crippen molar-refractivity contribution >= 4 is 33.0 Å². The number of nitrogens with one attached hydrogen (secondary N) is 1. The first-order chi connectivity index (χ1) is 19.2. The van der Waals surface area contributed by atoms with Crippen LogP contribution in [0.4, 0.5) is 20.3 Å². The number of rotatable bonds is 6. The highest BCUT2D eigenvalue weighted by Gasteiger charge is 2.30. The SMILES string of the molecule is O=C(NS(=O)(=O)c1ccc(N2CC[C@H](O)C2)nc1)c1cnn2ccc(N3CCC[C@@H]3c3cc(F)ccc3F)cc12. The smallest absolute Gasteiger partial charge is 0.268 e. The molecule has 6 rings (SSSR count). The summed E-state index contributed by atoms with van der Waals surface area (Å²) in [5.41, 5.74) is 1.32. The zero-order chi connectivity index (χ0) is 28.0. The number of fused-ring (bicyclic) bond motifs is 1. The number of pyridine rings is 2. The molecule has 0 unspecified atom stereocenters. The molecule has 1 aromatic carbocycles. The van der Waals surface area contributed by atoms with Crippen molar-refractivity contribution in [2.45, 2.75) is 36.3 Å². The van der Waals surface area contributed by atoms with Gasteiger partial charge in [-0.25, -0.2) is 31.4 Å². The Bertz CT molecular complexity index is 1700. The number of anilines is 2. The number of nitrogens with zero attached hydrogens (tertiary/aromatic N) is 5. The van der Waals surface area contributed by atoms with Crippen LogP contribution in [0.3, 0.4) is 0 Å². The number of hydrogen-bond acceptors (Lipinski definition) is 8. The van der Waals surface area contributed by atoms with E-state index in [4.69, 9.17) is 0 Å². The van der Waals surface area contributed by atoms with Crippen LogP contribution < -0.4 is 14.5 Å². The summed E-state index contributed by atoms with van der Waals surface area (Å²) in [7, 11) is -4.24. The van der Waals surface area contributed by atoms with E-state index in [1.54, 1.807) is 18.3 Å². The molecule has 2 saturated heterocycles. The van der Waals surface area contributed by atoms with Crippen LogP contribution in [0.25, 0.3) is 5.52 Å². The maximum Gasteiger partial charge on any atom is 0.268 e. The molecule has 0 spiro atoms. The number of halogens is 2. The number of carbonyl (C=O) groups excluding carboxylic acids is 1. The van der Waals surface area contributed by atoms with Crippen LogP contribution in [0.5, 0.6) is 0 Å². The van der Waals surface area contributed by atoms with Crippen LogP contribution in [-0.2, 0) is 10.0 Å². The molecule has 208 valence electrons. The van der Waals surface area contributed by atoms with Crippen LogP contribution in [0.1, 0.15) is 41.2 Å². The summed E-state index contributed by atoms with van der Waals surface area (Å²) in [5.74, 6) is -1.34. The average molecular weight is 569 g/mol. The Morgan fingerprint density at radius 3 is 2.65 bits per heavy atom. The third kappa shape index (κ3) is 4.86. The minimum Gasteiger partial charge on any atom is -0.391 e. The van der Waals surface area contributed by atoms with E-state index in [9.17, 15) is 27.1 Å². The molecule has 0 bridgehead atoms. The molecular weight excluding hydrogens is 542 g/mol. The van der Waals surface area contributed by atoms with Gasteiger partial charge in [-0.1, -0.05) is 0 Å². The molecular formula is C27H26F2N6O4S. The van der Waals surface area contributed by atoms with Crippen LogP contribution in [0.15, 0.2) is 66.0 Å². The van der Waals surface area contributed by atoms with Gasteiger partial charge < -0.3 is 14.9 Å². The quantitative estimate of drug-likeness (QED) is 0.364. The van der Waals surface area contributed by atoms with Gasteiger partial charge in [-0.2, -0.15) is 5.10 Å². The van der Waals surface area contributed by atoms with Gasteiger partial charge in [-0.3, -0.25) is 4.79 Å². The number of β-amino-alcohol motifs (C(OH)–C–C–N with tert-alkyl or cyclic N) is 1. The standard InChI is InChI=1S/C27H26F2N6O4S/c28-17-3-5-23(29)21(12-17)24-2-1-9-34(24)18-7-11-35-25(13-18)22(15-31-35)27(37)32-40(38,39)20-4-6-26(30-14-20)33-10-8-19(36)16-33/h3-7,11-15,19,24,36H,1-2,8-10,16H2,(H,32,37)/t19-,24+/m0/s1. The van der Waals surface area contributed by atoms with Gasteiger partial charge in [0.15, 0.2) is 0 Å². The minimum atomic E-state index is -4.24. The van der Waals surface area contributed by atoms with Crippen LogP contribution in [0, 0.1) is 11.6 Å². The van der Waals surface area contributed by atoms with E-state index < -0.39 is 39.7 Å². The maximum absolute atomic E-state index is 14.6. The van der Waals surface area contributed by atoms with Crippen molar-refractivity contribution < 1.29 is 27.1 Å². The lowest BCUT2D eigenvalue weighted by Gasteiger charge is -2.27. The number of aliphatic hydroxyl groups is 1. The summed E-state index contributed by atoms with van der Waals surface area (Å²) in [6, 6.07) is 9.35. The van der Waals surface area contributed by atoms with Crippen molar-refractivity contribution in [1.29, 1.82) is 0 Å². The first-order valence-corrected chi connectivity index (χ1v) is 14.3. The second-order valence-electron chi connectivity index (χ2n) is 9.97. The van der Waals surface area contributed by atoms with E-state index in [0.717, 1.165) is 18.6 Å². The van der Waals surface area contributed by atoms with Gasteiger partial charge in [-0.15, -0.1) is 0 Å². The zero-order valence-corrected chi connectivity index (χ0v) is 22.1. The molecule has 1 amide bonds. The van der Waals surface area contributed by atoms with Gasteiger partial charge in [0, 0.05) is 43.3 Å². The second kappa shape index (κ2) is 10.1. The van der Waals surface area contributed by atoms with Gasteiger partial charge in [-0.05, 0) is 61.7 Å². The lowest BCUT2D eigenvalue weighted by Crippen LogP contribution is -2.31. The molecule has 2 atom stereocenters. The topological polar surface area (TPSA) is 120 Å². The van der Waals surface area contributed by atoms with Gasteiger partial charge in [0.05, 0.1) is 29.4 Å². The summed E-state index contributed by atoms with van der Waals surface area (Å²) in [6.07, 6.45) is 5.63. The van der Waals surface area contributed by atoms with Crippen molar-refractivity contribution in [1.82, 2.24) is 19.3 Å². The Balaban J connectivity index is 1.24. The predicted molar refractivity (Wildman–Crippen MR) is 143 cm³/mol. The zero-order valence-electron chi connectivity index (χ0n) is 21.2. The molecule has 0 saturated carbocycles. The Kier molecular flexibility index (Phi) is 6.62. The lowest BCUT2D eigenvalue weighted by molar-refractivity contribution is 0.0983. The highest BCUT2D eigenvalue weighted by atomic mass is 32.2. The highest BCUT2D eigenvalue weighted by Crippen LogP contribution is 2.38. The number of aliphatic hydroxyl groups excluding tert-OH is 1. The summed E-state index contributed by atoms with van der Waals surface area (Å²) >= 11 is 0. The fraction of sp³-hybridized carbons (Fsp3) is 0.296.